The summed E-state index contributed by atoms with van der Waals surface area (Å²) in [5, 5.41) is 11.4. The Morgan fingerprint density at radius 1 is 1.53 bits per heavy atom. The van der Waals surface area contributed by atoms with E-state index in [1.807, 2.05) is 31.2 Å². The summed E-state index contributed by atoms with van der Waals surface area (Å²) in [7, 11) is 0. The Bertz CT molecular complexity index is 338. The molecule has 15 heavy (non-hydrogen) atoms. The minimum atomic E-state index is -0.112. The van der Waals surface area contributed by atoms with Gasteiger partial charge in [0.15, 0.2) is 0 Å². The van der Waals surface area contributed by atoms with Crippen LogP contribution in [0.1, 0.15) is 6.92 Å². The van der Waals surface area contributed by atoms with Crippen molar-refractivity contribution in [1.29, 1.82) is 0 Å². The van der Waals surface area contributed by atoms with Crippen molar-refractivity contribution in [1.82, 2.24) is 0 Å². The molecular weight excluding hydrogens is 260 g/mol. The SMILES string of the molecule is CC(COc1ccc(Br)cc1)/C(N)=N/O. The summed E-state index contributed by atoms with van der Waals surface area (Å²) >= 11 is 3.33. The topological polar surface area (TPSA) is 67.8 Å². The number of oxime groups is 1. The molecular formula is C10H13BrN2O2. The molecule has 0 aliphatic heterocycles. The summed E-state index contributed by atoms with van der Waals surface area (Å²) in [5.41, 5.74) is 5.42. The molecule has 4 nitrogen and oxygen atoms in total. The molecule has 0 aromatic heterocycles. The van der Waals surface area contributed by atoms with Crippen molar-refractivity contribution < 1.29 is 9.94 Å². The predicted octanol–water partition coefficient (Wildman–Crippen LogP) is 2.21. The molecule has 1 aromatic carbocycles. The molecule has 0 fully saturated rings. The van der Waals surface area contributed by atoms with Gasteiger partial charge in [-0.05, 0) is 24.3 Å². The van der Waals surface area contributed by atoms with Crippen molar-refractivity contribution in [3.63, 3.8) is 0 Å². The second kappa shape index (κ2) is 5.60. The molecule has 0 amide bonds. The fourth-order valence-corrected chi connectivity index (χ4v) is 1.20. The smallest absolute Gasteiger partial charge is 0.145 e. The Morgan fingerprint density at radius 3 is 2.67 bits per heavy atom. The second-order valence-corrected chi connectivity index (χ2v) is 4.11. The zero-order valence-corrected chi connectivity index (χ0v) is 9.94. The minimum absolute atomic E-state index is 0.112. The van der Waals surface area contributed by atoms with Crippen LogP contribution in [0.3, 0.4) is 0 Å². The maximum atomic E-state index is 8.44. The fraction of sp³-hybridized carbons (Fsp3) is 0.300. The van der Waals surface area contributed by atoms with Gasteiger partial charge in [0.1, 0.15) is 11.6 Å². The normalized spacial score (nSPS) is 13.6. The van der Waals surface area contributed by atoms with Gasteiger partial charge in [-0.1, -0.05) is 28.0 Å². The number of halogens is 1. The van der Waals surface area contributed by atoms with Gasteiger partial charge in [-0.3, -0.25) is 0 Å². The van der Waals surface area contributed by atoms with Crippen LogP contribution in [0.4, 0.5) is 0 Å². The molecule has 0 heterocycles. The van der Waals surface area contributed by atoms with Gasteiger partial charge in [0, 0.05) is 4.47 Å². The molecule has 0 saturated carbocycles. The van der Waals surface area contributed by atoms with Crippen LogP contribution in [0.5, 0.6) is 5.75 Å². The molecule has 0 saturated heterocycles. The van der Waals surface area contributed by atoms with Gasteiger partial charge in [-0.15, -0.1) is 0 Å². The lowest BCUT2D eigenvalue weighted by molar-refractivity contribution is 0.279. The Hall–Kier alpha value is -1.23. The first-order valence-corrected chi connectivity index (χ1v) is 5.28. The Kier molecular flexibility index (Phi) is 4.42. The van der Waals surface area contributed by atoms with Crippen LogP contribution in [0.25, 0.3) is 0 Å². The molecule has 1 rings (SSSR count). The average Bonchev–Trinajstić information content (AvgIpc) is 2.26. The van der Waals surface area contributed by atoms with E-state index in [0.29, 0.717) is 6.61 Å². The number of ether oxygens (including phenoxy) is 1. The zero-order chi connectivity index (χ0) is 11.3. The van der Waals surface area contributed by atoms with Gasteiger partial charge < -0.3 is 15.7 Å². The number of hydrogen-bond donors (Lipinski definition) is 2. The lowest BCUT2D eigenvalue weighted by Crippen LogP contribution is -2.26. The minimum Gasteiger partial charge on any atom is -0.493 e. The average molecular weight is 273 g/mol. The van der Waals surface area contributed by atoms with Gasteiger partial charge in [-0.2, -0.15) is 0 Å². The van der Waals surface area contributed by atoms with Crippen molar-refractivity contribution in [2.45, 2.75) is 6.92 Å². The summed E-state index contributed by atoms with van der Waals surface area (Å²) in [6.07, 6.45) is 0. The van der Waals surface area contributed by atoms with Crippen molar-refractivity contribution in [2.75, 3.05) is 6.61 Å². The third-order valence-corrected chi connectivity index (χ3v) is 2.46. The van der Waals surface area contributed by atoms with Crippen LogP contribution < -0.4 is 10.5 Å². The number of benzene rings is 1. The number of hydrogen-bond acceptors (Lipinski definition) is 3. The van der Waals surface area contributed by atoms with Crippen LogP contribution in [0.15, 0.2) is 33.9 Å². The molecule has 1 atom stereocenters. The summed E-state index contributed by atoms with van der Waals surface area (Å²) in [4.78, 5) is 0. The van der Waals surface area contributed by atoms with Gasteiger partial charge >= 0.3 is 0 Å². The van der Waals surface area contributed by atoms with E-state index < -0.39 is 0 Å². The molecule has 0 radical (unpaired) electrons. The van der Waals surface area contributed by atoms with Crippen molar-refractivity contribution >= 4 is 21.8 Å². The molecule has 0 aliphatic carbocycles. The molecule has 5 heteroatoms. The van der Waals surface area contributed by atoms with E-state index in [-0.39, 0.29) is 11.8 Å². The summed E-state index contributed by atoms with van der Waals surface area (Å²) in [6, 6.07) is 7.49. The monoisotopic (exact) mass is 272 g/mol. The summed E-state index contributed by atoms with van der Waals surface area (Å²) in [6.45, 7) is 2.21. The number of nitrogens with zero attached hydrogens (tertiary/aromatic N) is 1. The van der Waals surface area contributed by atoms with E-state index in [1.54, 1.807) is 0 Å². The van der Waals surface area contributed by atoms with E-state index in [2.05, 4.69) is 21.1 Å². The highest BCUT2D eigenvalue weighted by Gasteiger charge is 2.08. The van der Waals surface area contributed by atoms with Crippen molar-refractivity contribution in [2.24, 2.45) is 16.8 Å². The number of rotatable bonds is 4. The van der Waals surface area contributed by atoms with E-state index in [9.17, 15) is 0 Å². The Morgan fingerprint density at radius 2 is 2.13 bits per heavy atom. The quantitative estimate of drug-likeness (QED) is 0.382. The maximum absolute atomic E-state index is 8.44. The third-order valence-electron chi connectivity index (χ3n) is 1.93. The second-order valence-electron chi connectivity index (χ2n) is 3.19. The highest BCUT2D eigenvalue weighted by Crippen LogP contribution is 2.16. The molecule has 1 unspecified atom stereocenters. The predicted molar refractivity (Wildman–Crippen MR) is 62.2 cm³/mol. The van der Waals surface area contributed by atoms with Crippen LogP contribution in [0.2, 0.25) is 0 Å². The van der Waals surface area contributed by atoms with Gasteiger partial charge in [-0.25, -0.2) is 0 Å². The van der Waals surface area contributed by atoms with Crippen LogP contribution in [-0.4, -0.2) is 17.6 Å². The van der Waals surface area contributed by atoms with Crippen LogP contribution in [-0.2, 0) is 0 Å². The Labute approximate surface area is 96.9 Å². The van der Waals surface area contributed by atoms with Gasteiger partial charge in [0.25, 0.3) is 0 Å². The molecule has 82 valence electrons. The van der Waals surface area contributed by atoms with E-state index in [0.717, 1.165) is 10.2 Å². The molecule has 3 N–H and O–H groups in total. The fourth-order valence-electron chi connectivity index (χ4n) is 0.936. The third kappa shape index (κ3) is 3.79. The van der Waals surface area contributed by atoms with Gasteiger partial charge in [0.2, 0.25) is 0 Å². The van der Waals surface area contributed by atoms with E-state index >= 15 is 0 Å². The molecule has 0 aliphatic rings. The Balaban J connectivity index is 2.47. The largest absolute Gasteiger partial charge is 0.493 e. The number of nitrogens with two attached hydrogens (primary N) is 1. The molecule has 0 bridgehead atoms. The van der Waals surface area contributed by atoms with E-state index in [1.165, 1.54) is 0 Å². The molecule has 0 spiro atoms. The van der Waals surface area contributed by atoms with E-state index in [4.69, 9.17) is 15.7 Å². The standard InChI is InChI=1S/C10H13BrN2O2/c1-7(10(12)13-14)6-15-9-4-2-8(11)3-5-9/h2-5,7,14H,6H2,1H3,(H2,12,13). The van der Waals surface area contributed by atoms with Crippen molar-refractivity contribution in [3.8, 4) is 5.75 Å². The summed E-state index contributed by atoms with van der Waals surface area (Å²) < 4.78 is 6.45. The number of amidine groups is 1. The first-order chi connectivity index (χ1) is 7.13. The first kappa shape index (κ1) is 11.8. The lowest BCUT2D eigenvalue weighted by atomic mass is 10.2. The van der Waals surface area contributed by atoms with Crippen LogP contribution in [0, 0.1) is 5.92 Å². The van der Waals surface area contributed by atoms with Crippen molar-refractivity contribution in [3.05, 3.63) is 28.7 Å². The zero-order valence-electron chi connectivity index (χ0n) is 8.35. The first-order valence-electron chi connectivity index (χ1n) is 4.49. The molecule has 1 aromatic rings. The maximum Gasteiger partial charge on any atom is 0.145 e. The van der Waals surface area contributed by atoms with Gasteiger partial charge in [0.05, 0.1) is 12.5 Å². The highest BCUT2D eigenvalue weighted by molar-refractivity contribution is 9.10. The lowest BCUT2D eigenvalue weighted by Gasteiger charge is -2.11. The highest BCUT2D eigenvalue weighted by atomic mass is 79.9. The summed E-state index contributed by atoms with van der Waals surface area (Å²) in [5.74, 6) is 0.821. The van der Waals surface area contributed by atoms with Crippen LogP contribution >= 0.6 is 15.9 Å².